The highest BCUT2D eigenvalue weighted by molar-refractivity contribution is 6.32. The van der Waals surface area contributed by atoms with Gasteiger partial charge in [0.05, 0.1) is 18.2 Å². The molecular weight excluding hydrogens is 226 g/mol. The number of nitrogens with zero attached hydrogens (tertiary/aromatic N) is 1. The number of ether oxygens (including phenoxy) is 1. The number of piperidine rings is 1. The smallest absolute Gasteiger partial charge is 0.137 e. The predicted octanol–water partition coefficient (Wildman–Crippen LogP) is 2.31. The van der Waals surface area contributed by atoms with Gasteiger partial charge < -0.3 is 14.7 Å². The maximum absolute atomic E-state index is 9.61. The van der Waals surface area contributed by atoms with E-state index in [1.54, 1.807) is 7.11 Å². The average molecular weight is 242 g/mol. The molecule has 0 saturated carbocycles. The van der Waals surface area contributed by atoms with Crippen LogP contribution in [0.15, 0.2) is 18.2 Å². The Hall–Kier alpha value is -0.930. The van der Waals surface area contributed by atoms with Gasteiger partial charge in [-0.15, -0.1) is 0 Å². The molecule has 1 atom stereocenters. The number of hydrogen-bond donors (Lipinski definition) is 1. The fourth-order valence-electron chi connectivity index (χ4n) is 2.04. The summed E-state index contributed by atoms with van der Waals surface area (Å²) in [6.07, 6.45) is 1.68. The standard InChI is InChI=1S/C12H16ClNO2/c1-16-12-5-4-9(7-11(12)13)14-6-2-3-10(15)8-14/h4-5,7,10,15H,2-3,6,8H2,1H3. The van der Waals surface area contributed by atoms with Gasteiger partial charge in [-0.2, -0.15) is 0 Å². The Bertz CT molecular complexity index is 370. The van der Waals surface area contributed by atoms with Gasteiger partial charge in [-0.3, -0.25) is 0 Å². The number of rotatable bonds is 2. The number of halogens is 1. The first kappa shape index (κ1) is 11.6. The quantitative estimate of drug-likeness (QED) is 0.863. The average Bonchev–Trinajstić information content (AvgIpc) is 2.29. The molecule has 0 bridgehead atoms. The van der Waals surface area contributed by atoms with Gasteiger partial charge in [-0.05, 0) is 31.0 Å². The molecule has 3 nitrogen and oxygen atoms in total. The van der Waals surface area contributed by atoms with Crippen LogP contribution in [0.1, 0.15) is 12.8 Å². The molecule has 0 radical (unpaired) electrons. The molecule has 0 amide bonds. The molecule has 1 aliphatic rings. The van der Waals surface area contributed by atoms with Crippen molar-refractivity contribution in [2.24, 2.45) is 0 Å². The van der Waals surface area contributed by atoms with Crippen LogP contribution in [0, 0.1) is 0 Å². The summed E-state index contributed by atoms with van der Waals surface area (Å²) in [5.41, 5.74) is 1.05. The molecular formula is C12H16ClNO2. The molecule has 1 fully saturated rings. The SMILES string of the molecule is COc1ccc(N2CCCC(O)C2)cc1Cl. The Kier molecular flexibility index (Phi) is 3.56. The predicted molar refractivity (Wildman–Crippen MR) is 65.5 cm³/mol. The molecule has 0 aliphatic carbocycles. The number of benzene rings is 1. The third-order valence-electron chi connectivity index (χ3n) is 2.90. The van der Waals surface area contributed by atoms with E-state index in [9.17, 15) is 5.11 Å². The van der Waals surface area contributed by atoms with Crippen LogP contribution in [0.25, 0.3) is 0 Å². The Morgan fingerprint density at radius 1 is 1.50 bits per heavy atom. The first-order valence-electron chi connectivity index (χ1n) is 5.47. The Labute approximate surface area is 101 Å². The molecule has 1 heterocycles. The van der Waals surface area contributed by atoms with Crippen molar-refractivity contribution >= 4 is 17.3 Å². The van der Waals surface area contributed by atoms with Crippen LogP contribution >= 0.6 is 11.6 Å². The molecule has 0 spiro atoms. The molecule has 1 aliphatic heterocycles. The summed E-state index contributed by atoms with van der Waals surface area (Å²) in [6, 6.07) is 5.72. The van der Waals surface area contributed by atoms with Crippen molar-refractivity contribution in [3.05, 3.63) is 23.2 Å². The van der Waals surface area contributed by atoms with Crippen LogP contribution in [0.3, 0.4) is 0 Å². The van der Waals surface area contributed by atoms with Crippen molar-refractivity contribution in [1.82, 2.24) is 0 Å². The lowest BCUT2D eigenvalue weighted by Gasteiger charge is -2.32. The van der Waals surface area contributed by atoms with Gasteiger partial charge in [0, 0.05) is 18.8 Å². The van der Waals surface area contributed by atoms with E-state index in [1.807, 2.05) is 18.2 Å². The summed E-state index contributed by atoms with van der Waals surface area (Å²) in [4.78, 5) is 2.15. The second-order valence-electron chi connectivity index (χ2n) is 4.06. The van der Waals surface area contributed by atoms with Gasteiger partial charge in [-0.25, -0.2) is 0 Å². The molecule has 2 rings (SSSR count). The van der Waals surface area contributed by atoms with Gasteiger partial charge in [0.25, 0.3) is 0 Å². The number of aliphatic hydroxyl groups excluding tert-OH is 1. The van der Waals surface area contributed by atoms with Gasteiger partial charge in [-0.1, -0.05) is 11.6 Å². The Morgan fingerprint density at radius 2 is 2.31 bits per heavy atom. The molecule has 1 N–H and O–H groups in total. The highest BCUT2D eigenvalue weighted by Crippen LogP contribution is 2.30. The third kappa shape index (κ3) is 2.42. The van der Waals surface area contributed by atoms with E-state index in [0.29, 0.717) is 17.3 Å². The molecule has 1 saturated heterocycles. The molecule has 88 valence electrons. The minimum Gasteiger partial charge on any atom is -0.495 e. The van der Waals surface area contributed by atoms with Crippen molar-refractivity contribution < 1.29 is 9.84 Å². The highest BCUT2D eigenvalue weighted by Gasteiger charge is 2.18. The topological polar surface area (TPSA) is 32.7 Å². The van der Waals surface area contributed by atoms with Crippen molar-refractivity contribution in [3.63, 3.8) is 0 Å². The van der Waals surface area contributed by atoms with Crippen LogP contribution < -0.4 is 9.64 Å². The Morgan fingerprint density at radius 3 is 2.94 bits per heavy atom. The zero-order chi connectivity index (χ0) is 11.5. The maximum Gasteiger partial charge on any atom is 0.137 e. The number of β-amino-alcohol motifs (C(OH)–C–C–N with tert-alkyl or cyclic N) is 1. The molecule has 16 heavy (non-hydrogen) atoms. The molecule has 0 aromatic heterocycles. The Balaban J connectivity index is 2.17. The van der Waals surface area contributed by atoms with E-state index in [4.69, 9.17) is 16.3 Å². The second kappa shape index (κ2) is 4.93. The van der Waals surface area contributed by atoms with E-state index in [-0.39, 0.29) is 6.10 Å². The van der Waals surface area contributed by atoms with Gasteiger partial charge in [0.2, 0.25) is 0 Å². The van der Waals surface area contributed by atoms with Crippen molar-refractivity contribution in [3.8, 4) is 5.75 Å². The van der Waals surface area contributed by atoms with Crippen LogP contribution in [-0.2, 0) is 0 Å². The second-order valence-corrected chi connectivity index (χ2v) is 4.47. The van der Waals surface area contributed by atoms with E-state index >= 15 is 0 Å². The zero-order valence-electron chi connectivity index (χ0n) is 9.32. The van der Waals surface area contributed by atoms with E-state index in [0.717, 1.165) is 25.1 Å². The summed E-state index contributed by atoms with van der Waals surface area (Å²) >= 11 is 6.07. The lowest BCUT2D eigenvalue weighted by molar-refractivity contribution is 0.154. The first-order chi connectivity index (χ1) is 7.70. The summed E-state index contributed by atoms with van der Waals surface area (Å²) in [5.74, 6) is 0.683. The summed E-state index contributed by atoms with van der Waals surface area (Å²) < 4.78 is 5.11. The first-order valence-corrected chi connectivity index (χ1v) is 5.85. The molecule has 1 aromatic rings. The normalized spacial score (nSPS) is 20.9. The fourth-order valence-corrected chi connectivity index (χ4v) is 2.29. The van der Waals surface area contributed by atoms with Crippen molar-refractivity contribution in [2.45, 2.75) is 18.9 Å². The summed E-state index contributed by atoms with van der Waals surface area (Å²) in [6.45, 7) is 1.66. The zero-order valence-corrected chi connectivity index (χ0v) is 10.1. The van der Waals surface area contributed by atoms with Gasteiger partial charge >= 0.3 is 0 Å². The summed E-state index contributed by atoms with van der Waals surface area (Å²) in [7, 11) is 1.60. The third-order valence-corrected chi connectivity index (χ3v) is 3.19. The molecule has 1 aromatic carbocycles. The van der Waals surface area contributed by atoms with E-state index in [1.165, 1.54) is 0 Å². The number of hydrogen-bond acceptors (Lipinski definition) is 3. The highest BCUT2D eigenvalue weighted by atomic mass is 35.5. The number of anilines is 1. The number of methoxy groups -OCH3 is 1. The van der Waals surface area contributed by atoms with Crippen molar-refractivity contribution in [2.75, 3.05) is 25.1 Å². The maximum atomic E-state index is 9.61. The fraction of sp³-hybridized carbons (Fsp3) is 0.500. The van der Waals surface area contributed by atoms with Gasteiger partial charge in [0.1, 0.15) is 5.75 Å². The minimum atomic E-state index is -0.227. The minimum absolute atomic E-state index is 0.227. The van der Waals surface area contributed by atoms with Crippen LogP contribution in [0.4, 0.5) is 5.69 Å². The monoisotopic (exact) mass is 241 g/mol. The number of aliphatic hydroxyl groups is 1. The van der Waals surface area contributed by atoms with Crippen LogP contribution in [0.2, 0.25) is 5.02 Å². The lowest BCUT2D eigenvalue weighted by atomic mass is 10.1. The lowest BCUT2D eigenvalue weighted by Crippen LogP contribution is -2.38. The molecule has 1 unspecified atom stereocenters. The van der Waals surface area contributed by atoms with E-state index < -0.39 is 0 Å². The van der Waals surface area contributed by atoms with E-state index in [2.05, 4.69) is 4.90 Å². The molecule has 4 heteroatoms. The van der Waals surface area contributed by atoms with Crippen LogP contribution in [-0.4, -0.2) is 31.4 Å². The van der Waals surface area contributed by atoms with Crippen molar-refractivity contribution in [1.29, 1.82) is 0 Å². The van der Waals surface area contributed by atoms with Gasteiger partial charge in [0.15, 0.2) is 0 Å². The largest absolute Gasteiger partial charge is 0.495 e. The van der Waals surface area contributed by atoms with Crippen LogP contribution in [0.5, 0.6) is 5.75 Å². The summed E-state index contributed by atoms with van der Waals surface area (Å²) in [5, 5.41) is 10.2.